The summed E-state index contributed by atoms with van der Waals surface area (Å²) >= 11 is 4.92. The van der Waals surface area contributed by atoms with Crippen LogP contribution < -0.4 is 5.73 Å². The second-order valence-electron chi connectivity index (χ2n) is 5.84. The lowest BCUT2D eigenvalue weighted by molar-refractivity contribution is 0.239. The highest BCUT2D eigenvalue weighted by Crippen LogP contribution is 2.29. The van der Waals surface area contributed by atoms with E-state index in [1.807, 2.05) is 0 Å². The third-order valence-corrected chi connectivity index (χ3v) is 6.36. The van der Waals surface area contributed by atoms with E-state index in [1.165, 1.54) is 10.7 Å². The van der Waals surface area contributed by atoms with Crippen molar-refractivity contribution in [1.82, 2.24) is 4.31 Å². The summed E-state index contributed by atoms with van der Waals surface area (Å²) in [6.45, 7) is 2.18. The van der Waals surface area contributed by atoms with Crippen LogP contribution in [0.3, 0.4) is 0 Å². The van der Waals surface area contributed by atoms with Gasteiger partial charge in [0.1, 0.15) is 4.99 Å². The van der Waals surface area contributed by atoms with Crippen LogP contribution in [0.2, 0.25) is 0 Å². The molecule has 2 unspecified atom stereocenters. The fourth-order valence-corrected chi connectivity index (χ4v) is 4.47. The molecule has 0 bridgehead atoms. The average Bonchev–Trinajstić information content (AvgIpc) is 2.46. The molecule has 2 N–H and O–H groups in total. The number of sulfonamides is 1. The summed E-state index contributed by atoms with van der Waals surface area (Å²) in [7, 11) is -1.83. The van der Waals surface area contributed by atoms with Crippen LogP contribution in [0, 0.1) is 5.92 Å². The number of benzene rings is 1. The van der Waals surface area contributed by atoms with E-state index in [0.29, 0.717) is 11.5 Å². The fourth-order valence-electron chi connectivity index (χ4n) is 2.90. The molecule has 0 radical (unpaired) electrons. The van der Waals surface area contributed by atoms with Gasteiger partial charge in [-0.15, -0.1) is 0 Å². The van der Waals surface area contributed by atoms with Crippen LogP contribution in [0.5, 0.6) is 0 Å². The summed E-state index contributed by atoms with van der Waals surface area (Å²) in [6, 6.07) is 6.63. The van der Waals surface area contributed by atoms with E-state index < -0.39 is 10.0 Å². The van der Waals surface area contributed by atoms with Crippen molar-refractivity contribution in [3.63, 3.8) is 0 Å². The highest BCUT2D eigenvalue weighted by Gasteiger charge is 2.31. The van der Waals surface area contributed by atoms with Crippen LogP contribution in [0.4, 0.5) is 0 Å². The Bertz CT molecular complexity index is 628. The molecule has 116 valence electrons. The molecule has 4 nitrogen and oxygen atoms in total. The minimum Gasteiger partial charge on any atom is -0.389 e. The van der Waals surface area contributed by atoms with Crippen molar-refractivity contribution in [2.75, 3.05) is 7.05 Å². The lowest BCUT2D eigenvalue weighted by Crippen LogP contribution is -2.39. The summed E-state index contributed by atoms with van der Waals surface area (Å²) in [6.07, 6.45) is 4.11. The lowest BCUT2D eigenvalue weighted by atomic mass is 9.87. The Morgan fingerprint density at radius 3 is 2.71 bits per heavy atom. The number of hydrogen-bond donors (Lipinski definition) is 1. The molecule has 2 atom stereocenters. The molecule has 2 rings (SSSR count). The van der Waals surface area contributed by atoms with Crippen LogP contribution in [0.25, 0.3) is 0 Å². The second-order valence-corrected chi connectivity index (χ2v) is 8.28. The Morgan fingerprint density at radius 1 is 1.38 bits per heavy atom. The molecule has 1 aliphatic carbocycles. The summed E-state index contributed by atoms with van der Waals surface area (Å²) in [4.78, 5) is 0.467. The van der Waals surface area contributed by atoms with Gasteiger partial charge in [-0.05, 0) is 30.9 Å². The van der Waals surface area contributed by atoms with Crippen molar-refractivity contribution in [2.24, 2.45) is 11.7 Å². The van der Waals surface area contributed by atoms with E-state index in [-0.39, 0.29) is 15.9 Å². The van der Waals surface area contributed by atoms with Crippen molar-refractivity contribution in [3.8, 4) is 0 Å². The van der Waals surface area contributed by atoms with Crippen molar-refractivity contribution in [2.45, 2.75) is 43.5 Å². The minimum atomic E-state index is -3.50. The molecule has 1 aromatic carbocycles. The van der Waals surface area contributed by atoms with Crippen LogP contribution in [0.1, 0.15) is 38.2 Å². The fraction of sp³-hybridized carbons (Fsp3) is 0.533. The maximum Gasteiger partial charge on any atom is 0.243 e. The quantitative estimate of drug-likeness (QED) is 0.864. The minimum absolute atomic E-state index is 0.0761. The number of thiocarbonyl (C=S) groups is 1. The first-order valence-electron chi connectivity index (χ1n) is 7.20. The predicted molar refractivity (Wildman–Crippen MR) is 88.7 cm³/mol. The first kappa shape index (κ1) is 16.4. The maximum atomic E-state index is 12.8. The third kappa shape index (κ3) is 3.62. The van der Waals surface area contributed by atoms with Crippen LogP contribution in [-0.4, -0.2) is 30.8 Å². The zero-order chi connectivity index (χ0) is 15.6. The molecule has 0 aromatic heterocycles. The molecule has 1 saturated carbocycles. The van der Waals surface area contributed by atoms with Gasteiger partial charge >= 0.3 is 0 Å². The Balaban J connectivity index is 2.28. The molecule has 0 spiro atoms. The van der Waals surface area contributed by atoms with E-state index in [1.54, 1.807) is 31.3 Å². The zero-order valence-corrected chi connectivity index (χ0v) is 14.1. The van der Waals surface area contributed by atoms with Gasteiger partial charge in [0.2, 0.25) is 10.0 Å². The number of rotatable bonds is 4. The van der Waals surface area contributed by atoms with Gasteiger partial charge in [-0.1, -0.05) is 44.1 Å². The van der Waals surface area contributed by atoms with Crippen molar-refractivity contribution >= 4 is 27.2 Å². The van der Waals surface area contributed by atoms with Gasteiger partial charge in [0.25, 0.3) is 0 Å². The molecule has 1 aliphatic rings. The zero-order valence-electron chi connectivity index (χ0n) is 12.5. The topological polar surface area (TPSA) is 63.4 Å². The van der Waals surface area contributed by atoms with Crippen molar-refractivity contribution < 1.29 is 8.42 Å². The molecule has 6 heteroatoms. The first-order valence-corrected chi connectivity index (χ1v) is 9.05. The predicted octanol–water partition coefficient (Wildman–Crippen LogP) is 2.52. The Labute approximate surface area is 132 Å². The van der Waals surface area contributed by atoms with Crippen molar-refractivity contribution in [3.05, 3.63) is 29.8 Å². The van der Waals surface area contributed by atoms with Gasteiger partial charge in [-0.3, -0.25) is 0 Å². The summed E-state index contributed by atoms with van der Waals surface area (Å²) in [5, 5.41) is 0. The second kappa shape index (κ2) is 6.42. The van der Waals surface area contributed by atoms with Gasteiger partial charge in [0.15, 0.2) is 0 Å². The highest BCUT2D eigenvalue weighted by molar-refractivity contribution is 7.89. The van der Waals surface area contributed by atoms with Gasteiger partial charge in [-0.2, -0.15) is 4.31 Å². The van der Waals surface area contributed by atoms with Gasteiger partial charge in [0, 0.05) is 18.7 Å². The van der Waals surface area contributed by atoms with Gasteiger partial charge < -0.3 is 5.73 Å². The monoisotopic (exact) mass is 326 g/mol. The molecule has 0 heterocycles. The molecule has 0 saturated heterocycles. The van der Waals surface area contributed by atoms with Crippen LogP contribution in [-0.2, 0) is 10.0 Å². The molecule has 0 aliphatic heterocycles. The first-order chi connectivity index (χ1) is 9.82. The summed E-state index contributed by atoms with van der Waals surface area (Å²) < 4.78 is 27.0. The smallest absolute Gasteiger partial charge is 0.243 e. The van der Waals surface area contributed by atoms with Crippen LogP contribution >= 0.6 is 12.2 Å². The summed E-state index contributed by atoms with van der Waals surface area (Å²) in [5.41, 5.74) is 6.17. The summed E-state index contributed by atoms with van der Waals surface area (Å²) in [5.74, 6) is 0.573. The Morgan fingerprint density at radius 2 is 2.10 bits per heavy atom. The largest absolute Gasteiger partial charge is 0.389 e. The third-order valence-electron chi connectivity index (χ3n) is 4.22. The SMILES string of the molecule is CC1CCCC(N(C)S(=O)(=O)c2cccc(C(N)=S)c2)C1. The van der Waals surface area contributed by atoms with E-state index in [2.05, 4.69) is 6.92 Å². The van der Waals surface area contributed by atoms with Gasteiger partial charge in [0.05, 0.1) is 4.90 Å². The lowest BCUT2D eigenvalue weighted by Gasteiger charge is -2.33. The Hall–Kier alpha value is -0.980. The standard InChI is InChI=1S/C15H22N2O2S2/c1-11-5-3-7-13(9-11)17(2)21(18,19)14-8-4-6-12(10-14)15(16)20/h4,6,8,10-11,13H,3,5,7,9H2,1-2H3,(H2,16,20). The van der Waals surface area contributed by atoms with E-state index in [0.717, 1.165) is 19.3 Å². The molecular formula is C15H22N2O2S2. The number of nitrogens with two attached hydrogens (primary N) is 1. The van der Waals surface area contributed by atoms with E-state index >= 15 is 0 Å². The average molecular weight is 326 g/mol. The number of hydrogen-bond acceptors (Lipinski definition) is 3. The van der Waals surface area contributed by atoms with Gasteiger partial charge in [-0.25, -0.2) is 8.42 Å². The normalized spacial score (nSPS) is 23.2. The van der Waals surface area contributed by atoms with Crippen LogP contribution in [0.15, 0.2) is 29.2 Å². The Kier molecular flexibility index (Phi) is 5.01. The van der Waals surface area contributed by atoms with Crippen molar-refractivity contribution in [1.29, 1.82) is 0 Å². The maximum absolute atomic E-state index is 12.8. The molecule has 1 aromatic rings. The highest BCUT2D eigenvalue weighted by atomic mass is 32.2. The number of nitrogens with zero attached hydrogens (tertiary/aromatic N) is 1. The van der Waals surface area contributed by atoms with E-state index in [9.17, 15) is 8.42 Å². The molecule has 1 fully saturated rings. The molecular weight excluding hydrogens is 304 g/mol. The van der Waals surface area contributed by atoms with E-state index in [4.69, 9.17) is 18.0 Å². The molecule has 0 amide bonds. The molecule has 21 heavy (non-hydrogen) atoms.